The number of amides is 1. The third-order valence-corrected chi connectivity index (χ3v) is 6.32. The SMILES string of the molecule is CCN1CCCC1CNC(=O)c1ccc(OCC=C(C)CCC=C(C)CCC=C(C)C)cc1. The van der Waals surface area contributed by atoms with E-state index in [-0.39, 0.29) is 5.91 Å². The number of nitrogens with one attached hydrogen (secondary N) is 1. The van der Waals surface area contributed by atoms with E-state index in [4.69, 9.17) is 4.74 Å². The summed E-state index contributed by atoms with van der Waals surface area (Å²) in [7, 11) is 0. The van der Waals surface area contributed by atoms with Crippen LogP contribution in [-0.2, 0) is 0 Å². The summed E-state index contributed by atoms with van der Waals surface area (Å²) in [6.45, 7) is 14.3. The van der Waals surface area contributed by atoms with Crippen LogP contribution in [0.2, 0.25) is 0 Å². The molecule has 1 fully saturated rings. The smallest absolute Gasteiger partial charge is 0.251 e. The molecule has 0 aromatic heterocycles. The molecule has 4 nitrogen and oxygen atoms in total. The zero-order chi connectivity index (χ0) is 24.1. The Labute approximate surface area is 201 Å². The number of hydrogen-bond acceptors (Lipinski definition) is 3. The average Bonchev–Trinajstić information content (AvgIpc) is 3.25. The number of benzene rings is 1. The molecular formula is C29H44N2O2. The van der Waals surface area contributed by atoms with Gasteiger partial charge in [0.15, 0.2) is 0 Å². The minimum Gasteiger partial charge on any atom is -0.490 e. The van der Waals surface area contributed by atoms with Crippen LogP contribution in [0.5, 0.6) is 5.75 Å². The topological polar surface area (TPSA) is 41.6 Å². The molecule has 182 valence electrons. The maximum atomic E-state index is 12.5. The van der Waals surface area contributed by atoms with Gasteiger partial charge in [0.2, 0.25) is 0 Å². The Bertz CT molecular complexity index is 817. The first-order chi connectivity index (χ1) is 15.9. The highest BCUT2D eigenvalue weighted by atomic mass is 16.5. The molecule has 1 atom stereocenters. The lowest BCUT2D eigenvalue weighted by Gasteiger charge is -2.22. The van der Waals surface area contributed by atoms with E-state index in [0.29, 0.717) is 18.2 Å². The molecule has 1 unspecified atom stereocenters. The maximum absolute atomic E-state index is 12.5. The summed E-state index contributed by atoms with van der Waals surface area (Å²) in [5.41, 5.74) is 4.88. The molecular weight excluding hydrogens is 408 g/mol. The molecule has 0 radical (unpaired) electrons. The molecule has 1 saturated heterocycles. The van der Waals surface area contributed by atoms with Gasteiger partial charge in [-0.05, 0) is 110 Å². The molecule has 1 aromatic rings. The second kappa shape index (κ2) is 14.7. The van der Waals surface area contributed by atoms with Crippen LogP contribution in [0.25, 0.3) is 0 Å². The predicted molar refractivity (Wildman–Crippen MR) is 140 cm³/mol. The van der Waals surface area contributed by atoms with Crippen molar-refractivity contribution in [3.63, 3.8) is 0 Å². The van der Waals surface area contributed by atoms with E-state index < -0.39 is 0 Å². The number of carbonyl (C=O) groups excluding carboxylic acids is 1. The Kier molecular flexibility index (Phi) is 12.0. The lowest BCUT2D eigenvalue weighted by molar-refractivity contribution is 0.0941. The molecule has 33 heavy (non-hydrogen) atoms. The summed E-state index contributed by atoms with van der Waals surface area (Å²) >= 11 is 0. The van der Waals surface area contributed by atoms with Gasteiger partial charge in [0, 0.05) is 18.2 Å². The van der Waals surface area contributed by atoms with E-state index in [2.05, 4.69) is 63.1 Å². The fraction of sp³-hybridized carbons (Fsp3) is 0.552. The van der Waals surface area contributed by atoms with Gasteiger partial charge in [-0.25, -0.2) is 0 Å². The first kappa shape index (κ1) is 26.9. The Balaban J connectivity index is 1.69. The van der Waals surface area contributed by atoms with Crippen LogP contribution in [0.15, 0.2) is 59.2 Å². The van der Waals surface area contributed by atoms with Crippen LogP contribution in [0.3, 0.4) is 0 Å². The van der Waals surface area contributed by atoms with Crippen molar-refractivity contribution >= 4 is 5.91 Å². The number of nitrogens with zero attached hydrogens (tertiary/aromatic N) is 1. The number of rotatable bonds is 13. The summed E-state index contributed by atoms with van der Waals surface area (Å²) in [5.74, 6) is 0.781. The highest BCUT2D eigenvalue weighted by Crippen LogP contribution is 2.17. The van der Waals surface area contributed by atoms with Gasteiger partial charge in [0.1, 0.15) is 12.4 Å². The lowest BCUT2D eigenvalue weighted by Crippen LogP contribution is -2.40. The Morgan fingerprint density at radius 1 is 1.03 bits per heavy atom. The normalized spacial score (nSPS) is 17.2. The van der Waals surface area contributed by atoms with Gasteiger partial charge >= 0.3 is 0 Å². The van der Waals surface area contributed by atoms with Crippen LogP contribution in [0, 0.1) is 0 Å². The molecule has 1 N–H and O–H groups in total. The second-order valence-corrected chi connectivity index (χ2v) is 9.43. The minimum absolute atomic E-state index is 0.00978. The van der Waals surface area contributed by atoms with E-state index in [9.17, 15) is 4.79 Å². The fourth-order valence-corrected chi connectivity index (χ4v) is 4.18. The summed E-state index contributed by atoms with van der Waals surface area (Å²) in [5, 5.41) is 3.09. The van der Waals surface area contributed by atoms with Gasteiger partial charge in [-0.3, -0.25) is 9.69 Å². The molecule has 1 aromatic carbocycles. The number of ether oxygens (including phenoxy) is 1. The van der Waals surface area contributed by atoms with Crippen molar-refractivity contribution in [3.8, 4) is 5.75 Å². The average molecular weight is 453 g/mol. The van der Waals surface area contributed by atoms with Gasteiger partial charge in [-0.1, -0.05) is 35.8 Å². The molecule has 1 amide bonds. The predicted octanol–water partition coefficient (Wildman–Crippen LogP) is 6.70. The third-order valence-electron chi connectivity index (χ3n) is 6.32. The second-order valence-electron chi connectivity index (χ2n) is 9.43. The Hall–Kier alpha value is -2.33. The van der Waals surface area contributed by atoms with E-state index in [1.165, 1.54) is 29.6 Å². The Morgan fingerprint density at radius 3 is 2.36 bits per heavy atom. The van der Waals surface area contributed by atoms with Crippen molar-refractivity contribution in [1.29, 1.82) is 0 Å². The maximum Gasteiger partial charge on any atom is 0.251 e. The van der Waals surface area contributed by atoms with E-state index >= 15 is 0 Å². The molecule has 0 aliphatic carbocycles. The molecule has 1 heterocycles. The van der Waals surface area contributed by atoms with Crippen LogP contribution in [-0.4, -0.2) is 43.1 Å². The van der Waals surface area contributed by atoms with Gasteiger partial charge in [-0.2, -0.15) is 0 Å². The van der Waals surface area contributed by atoms with Crippen molar-refractivity contribution in [2.75, 3.05) is 26.2 Å². The highest BCUT2D eigenvalue weighted by molar-refractivity contribution is 5.94. The standard InChI is InChI=1S/C29H44N2O2/c1-6-31-20-9-14-27(31)22-30-29(32)26-15-17-28(18-16-26)33-21-19-25(5)13-8-12-24(4)11-7-10-23(2)3/h10,12,15-19,27H,6-9,11,13-14,20-22H2,1-5H3,(H,30,32). The number of likely N-dealkylation sites (N-methyl/N-ethyl adjacent to an activating group) is 1. The van der Waals surface area contributed by atoms with E-state index in [1.54, 1.807) is 0 Å². The molecule has 4 heteroatoms. The first-order valence-corrected chi connectivity index (χ1v) is 12.6. The van der Waals surface area contributed by atoms with Crippen molar-refractivity contribution in [3.05, 3.63) is 64.8 Å². The molecule has 1 aliphatic rings. The molecule has 0 bridgehead atoms. The quantitative estimate of drug-likeness (QED) is 0.339. The van der Waals surface area contributed by atoms with Crippen LogP contribution >= 0.6 is 0 Å². The third kappa shape index (κ3) is 10.4. The first-order valence-electron chi connectivity index (χ1n) is 12.6. The van der Waals surface area contributed by atoms with Gasteiger partial charge in [0.25, 0.3) is 5.91 Å². The van der Waals surface area contributed by atoms with Crippen LogP contribution in [0.1, 0.15) is 83.5 Å². The minimum atomic E-state index is -0.00978. The van der Waals surface area contributed by atoms with Gasteiger partial charge in [0.05, 0.1) is 0 Å². The lowest BCUT2D eigenvalue weighted by atomic mass is 10.1. The summed E-state index contributed by atoms with van der Waals surface area (Å²) in [6.07, 6.45) is 13.6. The largest absolute Gasteiger partial charge is 0.490 e. The monoisotopic (exact) mass is 452 g/mol. The van der Waals surface area contributed by atoms with Crippen molar-refractivity contribution < 1.29 is 9.53 Å². The fourth-order valence-electron chi connectivity index (χ4n) is 4.18. The zero-order valence-electron chi connectivity index (χ0n) is 21.5. The molecule has 0 saturated carbocycles. The summed E-state index contributed by atoms with van der Waals surface area (Å²) < 4.78 is 5.85. The molecule has 2 rings (SSSR count). The van der Waals surface area contributed by atoms with Gasteiger partial charge < -0.3 is 10.1 Å². The van der Waals surface area contributed by atoms with Crippen molar-refractivity contribution in [1.82, 2.24) is 10.2 Å². The Morgan fingerprint density at radius 2 is 1.70 bits per heavy atom. The summed E-state index contributed by atoms with van der Waals surface area (Å²) in [4.78, 5) is 14.9. The van der Waals surface area contributed by atoms with E-state index in [1.807, 2.05) is 24.3 Å². The molecule has 1 aliphatic heterocycles. The number of hydrogen-bond donors (Lipinski definition) is 1. The van der Waals surface area contributed by atoms with Crippen molar-refractivity contribution in [2.24, 2.45) is 0 Å². The van der Waals surface area contributed by atoms with Crippen LogP contribution < -0.4 is 10.1 Å². The van der Waals surface area contributed by atoms with E-state index in [0.717, 1.165) is 51.1 Å². The van der Waals surface area contributed by atoms with Gasteiger partial charge in [-0.15, -0.1) is 0 Å². The molecule has 0 spiro atoms. The summed E-state index contributed by atoms with van der Waals surface area (Å²) in [6, 6.07) is 7.92. The number of likely N-dealkylation sites (tertiary alicyclic amines) is 1. The van der Waals surface area contributed by atoms with Crippen molar-refractivity contribution in [2.45, 2.75) is 79.2 Å². The number of allylic oxidation sites excluding steroid dienone is 5. The highest BCUT2D eigenvalue weighted by Gasteiger charge is 2.23. The van der Waals surface area contributed by atoms with Crippen LogP contribution in [0.4, 0.5) is 0 Å². The number of carbonyl (C=O) groups is 1. The zero-order valence-corrected chi connectivity index (χ0v) is 21.5.